The van der Waals surface area contributed by atoms with Crippen LogP contribution in [0.1, 0.15) is 30.9 Å². The van der Waals surface area contributed by atoms with Crippen molar-refractivity contribution in [1.29, 1.82) is 0 Å². The van der Waals surface area contributed by atoms with Crippen molar-refractivity contribution in [2.45, 2.75) is 26.7 Å². The summed E-state index contributed by atoms with van der Waals surface area (Å²) in [6, 6.07) is 13.6. The van der Waals surface area contributed by atoms with E-state index in [2.05, 4.69) is 32.9 Å². The predicted molar refractivity (Wildman–Crippen MR) is 76.2 cm³/mol. The van der Waals surface area contributed by atoms with Crippen LogP contribution in [0.15, 0.2) is 42.5 Å². The summed E-state index contributed by atoms with van der Waals surface area (Å²) in [6.45, 7) is 6.51. The van der Waals surface area contributed by atoms with E-state index in [1.54, 1.807) is 0 Å². The van der Waals surface area contributed by atoms with Crippen LogP contribution in [0.5, 0.6) is 11.5 Å². The summed E-state index contributed by atoms with van der Waals surface area (Å²) < 4.78 is 5.79. The summed E-state index contributed by atoms with van der Waals surface area (Å²) in [5, 5.41) is 0. The zero-order chi connectivity index (χ0) is 13.1. The van der Waals surface area contributed by atoms with Gasteiger partial charge >= 0.3 is 0 Å². The van der Waals surface area contributed by atoms with Crippen LogP contribution in [0.25, 0.3) is 0 Å². The molecule has 0 aliphatic carbocycles. The highest BCUT2D eigenvalue weighted by atomic mass is 16.5. The summed E-state index contributed by atoms with van der Waals surface area (Å²) in [7, 11) is 0. The largest absolute Gasteiger partial charge is 0.457 e. The van der Waals surface area contributed by atoms with E-state index in [1.807, 2.05) is 30.3 Å². The van der Waals surface area contributed by atoms with E-state index in [-0.39, 0.29) is 0 Å². The van der Waals surface area contributed by atoms with Crippen LogP contribution in [0.4, 0.5) is 5.69 Å². The van der Waals surface area contributed by atoms with Crippen LogP contribution in [-0.4, -0.2) is 0 Å². The Labute approximate surface area is 108 Å². The molecule has 0 amide bonds. The quantitative estimate of drug-likeness (QED) is 0.803. The first kappa shape index (κ1) is 12.5. The first-order valence-corrected chi connectivity index (χ1v) is 6.20. The lowest BCUT2D eigenvalue weighted by Gasteiger charge is -2.12. The second-order valence-electron chi connectivity index (χ2n) is 4.84. The van der Waals surface area contributed by atoms with E-state index in [0.717, 1.165) is 17.2 Å². The van der Waals surface area contributed by atoms with Gasteiger partial charge in [0.15, 0.2) is 0 Å². The Bertz CT molecular complexity index is 529. The number of benzene rings is 2. The summed E-state index contributed by atoms with van der Waals surface area (Å²) >= 11 is 0. The molecule has 2 aromatic carbocycles. The van der Waals surface area contributed by atoms with Gasteiger partial charge in [-0.1, -0.05) is 19.9 Å². The first-order valence-electron chi connectivity index (χ1n) is 6.20. The molecule has 2 heteroatoms. The second kappa shape index (κ2) is 5.13. The Kier molecular flexibility index (Phi) is 3.56. The molecule has 0 spiro atoms. The van der Waals surface area contributed by atoms with E-state index in [4.69, 9.17) is 10.5 Å². The van der Waals surface area contributed by atoms with Crippen molar-refractivity contribution in [3.05, 3.63) is 53.6 Å². The van der Waals surface area contributed by atoms with Crippen molar-refractivity contribution in [1.82, 2.24) is 0 Å². The average molecular weight is 241 g/mol. The van der Waals surface area contributed by atoms with Gasteiger partial charge in [-0.05, 0) is 60.4 Å². The molecule has 0 atom stereocenters. The minimum atomic E-state index is 0.538. The fraction of sp³-hybridized carbons (Fsp3) is 0.250. The molecule has 2 aromatic rings. The van der Waals surface area contributed by atoms with Crippen molar-refractivity contribution in [2.75, 3.05) is 5.73 Å². The molecule has 0 aliphatic heterocycles. The van der Waals surface area contributed by atoms with Crippen LogP contribution in [-0.2, 0) is 0 Å². The van der Waals surface area contributed by atoms with Crippen LogP contribution in [0.2, 0.25) is 0 Å². The molecule has 0 bridgehead atoms. The van der Waals surface area contributed by atoms with Crippen molar-refractivity contribution in [2.24, 2.45) is 0 Å². The van der Waals surface area contributed by atoms with Gasteiger partial charge in [0.1, 0.15) is 11.5 Å². The monoisotopic (exact) mass is 241 g/mol. The number of aryl methyl sites for hydroxylation is 1. The predicted octanol–water partition coefficient (Wildman–Crippen LogP) is 4.49. The Balaban J connectivity index is 2.20. The molecule has 2 nitrogen and oxygen atoms in total. The highest BCUT2D eigenvalue weighted by Gasteiger charge is 2.05. The van der Waals surface area contributed by atoms with Gasteiger partial charge in [-0.25, -0.2) is 0 Å². The molecule has 0 aliphatic rings. The van der Waals surface area contributed by atoms with Gasteiger partial charge in [0, 0.05) is 5.69 Å². The maximum atomic E-state index is 5.79. The second-order valence-corrected chi connectivity index (χ2v) is 4.84. The Hall–Kier alpha value is -1.96. The molecule has 2 rings (SSSR count). The number of anilines is 1. The minimum absolute atomic E-state index is 0.538. The van der Waals surface area contributed by atoms with E-state index in [0.29, 0.717) is 5.92 Å². The standard InChI is InChI=1S/C16H19NO/c1-11(2)16-9-8-15(10-12(16)3)18-14-6-4-13(17)5-7-14/h4-11H,17H2,1-3H3. The molecule has 0 aromatic heterocycles. The van der Waals surface area contributed by atoms with Crippen LogP contribution < -0.4 is 10.5 Å². The maximum Gasteiger partial charge on any atom is 0.127 e. The number of nitrogens with two attached hydrogens (primary N) is 1. The van der Waals surface area contributed by atoms with Gasteiger partial charge in [0.2, 0.25) is 0 Å². The molecule has 0 saturated heterocycles. The maximum absolute atomic E-state index is 5.79. The van der Waals surface area contributed by atoms with Gasteiger partial charge in [0.05, 0.1) is 0 Å². The fourth-order valence-corrected chi connectivity index (χ4v) is 2.03. The van der Waals surface area contributed by atoms with E-state index >= 15 is 0 Å². The molecule has 0 unspecified atom stereocenters. The number of ether oxygens (including phenoxy) is 1. The summed E-state index contributed by atoms with van der Waals surface area (Å²) in [5.74, 6) is 2.21. The summed E-state index contributed by atoms with van der Waals surface area (Å²) in [5.41, 5.74) is 9.01. The topological polar surface area (TPSA) is 35.2 Å². The van der Waals surface area contributed by atoms with Crippen LogP contribution >= 0.6 is 0 Å². The van der Waals surface area contributed by atoms with E-state index in [1.165, 1.54) is 11.1 Å². The highest BCUT2D eigenvalue weighted by Crippen LogP contribution is 2.27. The lowest BCUT2D eigenvalue weighted by molar-refractivity contribution is 0.482. The average Bonchev–Trinajstić information content (AvgIpc) is 2.32. The van der Waals surface area contributed by atoms with Gasteiger partial charge in [0.25, 0.3) is 0 Å². The molecule has 0 heterocycles. The molecule has 0 radical (unpaired) electrons. The SMILES string of the molecule is Cc1cc(Oc2ccc(N)cc2)ccc1C(C)C. The van der Waals surface area contributed by atoms with Gasteiger partial charge in [-0.3, -0.25) is 0 Å². The van der Waals surface area contributed by atoms with Crippen molar-refractivity contribution >= 4 is 5.69 Å². The number of nitrogen functional groups attached to an aromatic ring is 1. The number of hydrogen-bond donors (Lipinski definition) is 1. The number of rotatable bonds is 3. The Morgan fingerprint density at radius 3 is 2.11 bits per heavy atom. The summed E-state index contributed by atoms with van der Waals surface area (Å²) in [4.78, 5) is 0. The molecule has 0 saturated carbocycles. The third kappa shape index (κ3) is 2.83. The third-order valence-electron chi connectivity index (χ3n) is 2.98. The molecular formula is C16H19NO. The normalized spacial score (nSPS) is 10.7. The Morgan fingerprint density at radius 1 is 0.944 bits per heavy atom. The molecular weight excluding hydrogens is 222 g/mol. The molecule has 94 valence electrons. The molecule has 2 N–H and O–H groups in total. The lowest BCUT2D eigenvalue weighted by Crippen LogP contribution is -1.93. The van der Waals surface area contributed by atoms with E-state index in [9.17, 15) is 0 Å². The minimum Gasteiger partial charge on any atom is -0.457 e. The molecule has 18 heavy (non-hydrogen) atoms. The lowest BCUT2D eigenvalue weighted by atomic mass is 9.98. The van der Waals surface area contributed by atoms with Crippen molar-refractivity contribution in [3.63, 3.8) is 0 Å². The van der Waals surface area contributed by atoms with E-state index < -0.39 is 0 Å². The van der Waals surface area contributed by atoms with Gasteiger partial charge in [-0.2, -0.15) is 0 Å². The number of hydrogen-bond acceptors (Lipinski definition) is 2. The summed E-state index contributed by atoms with van der Waals surface area (Å²) in [6.07, 6.45) is 0. The zero-order valence-corrected chi connectivity index (χ0v) is 11.1. The van der Waals surface area contributed by atoms with Crippen LogP contribution in [0.3, 0.4) is 0 Å². The Morgan fingerprint density at radius 2 is 1.56 bits per heavy atom. The van der Waals surface area contributed by atoms with Crippen molar-refractivity contribution < 1.29 is 4.74 Å². The van der Waals surface area contributed by atoms with Gasteiger partial charge < -0.3 is 10.5 Å². The van der Waals surface area contributed by atoms with Crippen molar-refractivity contribution in [3.8, 4) is 11.5 Å². The zero-order valence-electron chi connectivity index (χ0n) is 11.1. The smallest absolute Gasteiger partial charge is 0.127 e. The fourth-order valence-electron chi connectivity index (χ4n) is 2.03. The van der Waals surface area contributed by atoms with Crippen LogP contribution in [0, 0.1) is 6.92 Å². The first-order chi connectivity index (χ1) is 8.56. The van der Waals surface area contributed by atoms with Gasteiger partial charge in [-0.15, -0.1) is 0 Å². The molecule has 0 fully saturated rings. The highest BCUT2D eigenvalue weighted by molar-refractivity contribution is 5.44. The third-order valence-corrected chi connectivity index (χ3v) is 2.98.